The molecule has 1 aliphatic heterocycles. The van der Waals surface area contributed by atoms with Crippen molar-refractivity contribution >= 4 is 44.3 Å². The molecule has 1 saturated heterocycles. The number of aryl methyl sites for hydroxylation is 1. The smallest absolute Gasteiger partial charge is 0.243 e. The number of para-hydroxylation sites is 1. The maximum Gasteiger partial charge on any atom is 0.243 e. The predicted octanol–water partition coefficient (Wildman–Crippen LogP) is 5.63. The minimum Gasteiger partial charge on any atom is -0.360 e. The molecule has 1 aliphatic rings. The number of carbonyl (C=O) groups excluding carboxylic acids is 1. The van der Waals surface area contributed by atoms with Crippen molar-refractivity contribution in [3.63, 3.8) is 0 Å². The van der Waals surface area contributed by atoms with E-state index >= 15 is 0 Å². The van der Waals surface area contributed by atoms with Crippen molar-refractivity contribution in [3.8, 4) is 17.1 Å². The molecule has 0 spiro atoms. The molecule has 1 atom stereocenters. The molecule has 9 nitrogen and oxygen atoms in total. The van der Waals surface area contributed by atoms with Crippen LogP contribution in [0.1, 0.15) is 25.3 Å². The van der Waals surface area contributed by atoms with Crippen LogP contribution in [0.2, 0.25) is 0 Å². The summed E-state index contributed by atoms with van der Waals surface area (Å²) in [5.41, 5.74) is 4.45. The molecular formula is C30H30N6O3S2. The maximum absolute atomic E-state index is 13.2. The van der Waals surface area contributed by atoms with Crippen LogP contribution in [0.15, 0.2) is 89.0 Å². The van der Waals surface area contributed by atoms with E-state index in [4.69, 9.17) is 0 Å². The molecule has 0 bridgehead atoms. The number of rotatable bonds is 8. The van der Waals surface area contributed by atoms with E-state index in [0.717, 1.165) is 40.6 Å². The molecule has 41 heavy (non-hydrogen) atoms. The van der Waals surface area contributed by atoms with Crippen LogP contribution in [0.5, 0.6) is 0 Å². The van der Waals surface area contributed by atoms with Gasteiger partial charge in [0.2, 0.25) is 15.9 Å². The number of hydrogen-bond donors (Lipinski definition) is 2. The summed E-state index contributed by atoms with van der Waals surface area (Å²) >= 11 is 1.31. The number of thioether (sulfide) groups is 1. The number of nitrogens with one attached hydrogen (secondary N) is 2. The van der Waals surface area contributed by atoms with Gasteiger partial charge in [-0.3, -0.25) is 9.36 Å². The molecule has 5 aromatic rings. The first-order valence-corrected chi connectivity index (χ1v) is 15.8. The number of aromatic amines is 1. The summed E-state index contributed by atoms with van der Waals surface area (Å²) < 4.78 is 29.1. The van der Waals surface area contributed by atoms with Crippen molar-refractivity contribution in [3.05, 3.63) is 84.6 Å². The zero-order valence-corrected chi connectivity index (χ0v) is 24.4. The number of sulfonamides is 1. The van der Waals surface area contributed by atoms with Gasteiger partial charge >= 0.3 is 0 Å². The zero-order valence-electron chi connectivity index (χ0n) is 22.7. The summed E-state index contributed by atoms with van der Waals surface area (Å²) in [7, 11) is -3.51. The zero-order chi connectivity index (χ0) is 28.6. The molecule has 2 N–H and O–H groups in total. The lowest BCUT2D eigenvalue weighted by Gasteiger charge is -2.16. The topological polar surface area (TPSA) is 113 Å². The SMILES string of the molecule is Cc1cccc(-n2c(S[C@H](C)C(=O)Nc3ccc(S(=O)(=O)N4CCCC4)cc3)nnc2-c2c[nH]c3ccccc23)c1. The summed E-state index contributed by atoms with van der Waals surface area (Å²) in [5, 5.41) is 13.1. The maximum atomic E-state index is 13.2. The van der Waals surface area contributed by atoms with Gasteiger partial charge in [-0.15, -0.1) is 10.2 Å². The summed E-state index contributed by atoms with van der Waals surface area (Å²) in [6.45, 7) is 4.94. The second kappa shape index (κ2) is 11.2. The van der Waals surface area contributed by atoms with E-state index in [1.54, 1.807) is 24.3 Å². The lowest BCUT2D eigenvalue weighted by Crippen LogP contribution is -2.27. The molecule has 0 saturated carbocycles. The van der Waals surface area contributed by atoms with E-state index in [0.29, 0.717) is 29.8 Å². The number of hydrogen-bond acceptors (Lipinski definition) is 6. The van der Waals surface area contributed by atoms with Crippen LogP contribution < -0.4 is 5.32 Å². The molecule has 0 unspecified atom stereocenters. The average molecular weight is 587 g/mol. The number of H-pyrrole nitrogens is 1. The number of benzene rings is 3. The van der Waals surface area contributed by atoms with E-state index in [1.165, 1.54) is 16.1 Å². The summed E-state index contributed by atoms with van der Waals surface area (Å²) in [4.78, 5) is 16.7. The largest absolute Gasteiger partial charge is 0.360 e. The fourth-order valence-corrected chi connectivity index (χ4v) is 7.40. The van der Waals surface area contributed by atoms with E-state index in [2.05, 4.69) is 26.6 Å². The van der Waals surface area contributed by atoms with Gasteiger partial charge in [-0.25, -0.2) is 8.42 Å². The van der Waals surface area contributed by atoms with Crippen LogP contribution in [0.3, 0.4) is 0 Å². The number of carbonyl (C=O) groups is 1. The summed E-state index contributed by atoms with van der Waals surface area (Å²) in [6, 6.07) is 22.5. The molecule has 210 valence electrons. The first-order chi connectivity index (χ1) is 19.8. The van der Waals surface area contributed by atoms with Gasteiger partial charge in [0.15, 0.2) is 11.0 Å². The Bertz CT molecular complexity index is 1820. The Labute approximate surface area is 243 Å². The minimum atomic E-state index is -3.51. The van der Waals surface area contributed by atoms with Crippen molar-refractivity contribution < 1.29 is 13.2 Å². The van der Waals surface area contributed by atoms with Gasteiger partial charge in [0.05, 0.1) is 10.1 Å². The molecule has 0 aliphatic carbocycles. The normalized spacial score (nSPS) is 14.9. The first kappa shape index (κ1) is 27.3. The van der Waals surface area contributed by atoms with Gasteiger partial charge < -0.3 is 10.3 Å². The second-order valence-electron chi connectivity index (χ2n) is 10.1. The quantitative estimate of drug-likeness (QED) is 0.228. The highest BCUT2D eigenvalue weighted by atomic mass is 32.2. The molecule has 11 heteroatoms. The highest BCUT2D eigenvalue weighted by molar-refractivity contribution is 8.00. The predicted molar refractivity (Wildman–Crippen MR) is 162 cm³/mol. The Kier molecular flexibility index (Phi) is 7.41. The van der Waals surface area contributed by atoms with Crippen molar-refractivity contribution in [2.75, 3.05) is 18.4 Å². The van der Waals surface area contributed by atoms with Crippen molar-refractivity contribution in [1.82, 2.24) is 24.1 Å². The lowest BCUT2D eigenvalue weighted by atomic mass is 10.1. The fraction of sp³-hybridized carbons (Fsp3) is 0.233. The van der Waals surface area contributed by atoms with E-state index in [9.17, 15) is 13.2 Å². The van der Waals surface area contributed by atoms with Gasteiger partial charge in [-0.2, -0.15) is 4.31 Å². The molecule has 1 fully saturated rings. The Balaban J connectivity index is 1.24. The van der Waals surface area contributed by atoms with E-state index < -0.39 is 15.3 Å². The minimum absolute atomic E-state index is 0.224. The molecule has 2 aromatic heterocycles. The van der Waals surface area contributed by atoms with Crippen LogP contribution in [-0.4, -0.2) is 56.7 Å². The van der Waals surface area contributed by atoms with Crippen LogP contribution in [-0.2, 0) is 14.8 Å². The standard InChI is InChI=1S/C30H30N6O3S2/c1-20-8-7-9-23(18-20)36-28(26-19-31-27-11-4-3-10-25(26)27)33-34-30(36)40-21(2)29(37)32-22-12-14-24(15-13-22)41(38,39)35-16-5-6-17-35/h3-4,7-15,18-19,21,31H,5-6,16-17H2,1-2H3,(H,32,37)/t21-/m1/s1. The van der Waals surface area contributed by atoms with Gasteiger partial charge in [0, 0.05) is 47.1 Å². The van der Waals surface area contributed by atoms with Crippen molar-refractivity contribution in [2.45, 2.75) is 42.0 Å². The van der Waals surface area contributed by atoms with Gasteiger partial charge in [0.25, 0.3) is 0 Å². The number of anilines is 1. The molecule has 6 rings (SSSR count). The number of aromatic nitrogens is 4. The van der Waals surface area contributed by atoms with Gasteiger partial charge in [-0.1, -0.05) is 42.1 Å². The fourth-order valence-electron chi connectivity index (χ4n) is 5.02. The molecule has 3 aromatic carbocycles. The Morgan fingerprint density at radius 2 is 1.76 bits per heavy atom. The highest BCUT2D eigenvalue weighted by Gasteiger charge is 2.27. The molecular weight excluding hydrogens is 557 g/mol. The Morgan fingerprint density at radius 1 is 1.00 bits per heavy atom. The number of nitrogens with zero attached hydrogens (tertiary/aromatic N) is 4. The second-order valence-corrected chi connectivity index (χ2v) is 13.4. The molecule has 1 amide bonds. The third kappa shape index (κ3) is 5.40. The van der Waals surface area contributed by atoms with Crippen LogP contribution >= 0.6 is 11.8 Å². The summed E-state index contributed by atoms with van der Waals surface area (Å²) in [5.74, 6) is 0.454. The monoisotopic (exact) mass is 586 g/mol. The van der Waals surface area contributed by atoms with Crippen LogP contribution in [0, 0.1) is 6.92 Å². The Hall–Kier alpha value is -3.93. The van der Waals surface area contributed by atoms with E-state index in [1.807, 2.05) is 67.1 Å². The molecule has 3 heterocycles. The summed E-state index contributed by atoms with van der Waals surface area (Å²) in [6.07, 6.45) is 3.69. The third-order valence-electron chi connectivity index (χ3n) is 7.20. The highest BCUT2D eigenvalue weighted by Crippen LogP contribution is 2.34. The van der Waals surface area contributed by atoms with E-state index in [-0.39, 0.29) is 10.8 Å². The first-order valence-electron chi connectivity index (χ1n) is 13.5. The average Bonchev–Trinajstić information content (AvgIpc) is 3.73. The van der Waals surface area contributed by atoms with Gasteiger partial charge in [0.1, 0.15) is 0 Å². The lowest BCUT2D eigenvalue weighted by molar-refractivity contribution is -0.115. The third-order valence-corrected chi connectivity index (χ3v) is 10.2. The van der Waals surface area contributed by atoms with Crippen molar-refractivity contribution in [1.29, 1.82) is 0 Å². The van der Waals surface area contributed by atoms with Crippen LogP contribution in [0.4, 0.5) is 5.69 Å². The van der Waals surface area contributed by atoms with Crippen LogP contribution in [0.25, 0.3) is 28.0 Å². The van der Waals surface area contributed by atoms with Crippen molar-refractivity contribution in [2.24, 2.45) is 0 Å². The number of fused-ring (bicyclic) bond motifs is 1. The van der Waals surface area contributed by atoms with Gasteiger partial charge in [-0.05, 0) is 74.7 Å². The number of amides is 1. The Morgan fingerprint density at radius 3 is 2.51 bits per heavy atom. The molecule has 0 radical (unpaired) electrons.